The molecular formula is C22H43NO8. The van der Waals surface area contributed by atoms with Crippen LogP contribution in [0.25, 0.3) is 0 Å². The van der Waals surface area contributed by atoms with E-state index in [0.29, 0.717) is 33.0 Å². The smallest absolute Gasteiger partial charge is 0.138 e. The summed E-state index contributed by atoms with van der Waals surface area (Å²) >= 11 is 0. The molecule has 184 valence electrons. The average Bonchev–Trinajstić information content (AvgIpc) is 2.78. The first-order chi connectivity index (χ1) is 15.2. The van der Waals surface area contributed by atoms with Crippen molar-refractivity contribution in [2.75, 3.05) is 72.7 Å². The average molecular weight is 450 g/mol. The Balaban J connectivity index is 3.37. The van der Waals surface area contributed by atoms with E-state index in [9.17, 15) is 10.0 Å². The molecule has 0 bridgehead atoms. The van der Waals surface area contributed by atoms with Crippen LogP contribution in [0.2, 0.25) is 0 Å². The highest BCUT2D eigenvalue weighted by Crippen LogP contribution is 2.00. The van der Waals surface area contributed by atoms with Crippen molar-refractivity contribution in [2.45, 2.75) is 57.6 Å². The normalized spacial score (nSPS) is 13.1. The molecule has 0 saturated carbocycles. The van der Waals surface area contributed by atoms with Gasteiger partial charge in [0.15, 0.2) is 0 Å². The Hall–Kier alpha value is -1.10. The Morgan fingerprint density at radius 3 is 1.58 bits per heavy atom. The molecule has 31 heavy (non-hydrogen) atoms. The lowest BCUT2D eigenvalue weighted by molar-refractivity contribution is -0.0214. The van der Waals surface area contributed by atoms with Gasteiger partial charge in [-0.15, -0.1) is 0 Å². The molecule has 0 aliphatic heterocycles. The van der Waals surface area contributed by atoms with Crippen LogP contribution >= 0.6 is 0 Å². The maximum absolute atomic E-state index is 10.8. The van der Waals surface area contributed by atoms with Gasteiger partial charge in [0.2, 0.25) is 0 Å². The quantitative estimate of drug-likeness (QED) is 0.122. The Labute approximate surface area is 187 Å². The van der Waals surface area contributed by atoms with E-state index < -0.39 is 12.1 Å². The second-order valence-corrected chi connectivity index (χ2v) is 7.07. The number of hydrogen-bond donors (Lipinski definition) is 1. The molecule has 0 amide bonds. The van der Waals surface area contributed by atoms with Crippen molar-refractivity contribution < 1.29 is 33.5 Å². The summed E-state index contributed by atoms with van der Waals surface area (Å²) in [5.74, 6) is 0. The van der Waals surface area contributed by atoms with Crippen molar-refractivity contribution >= 4 is 0 Å². The summed E-state index contributed by atoms with van der Waals surface area (Å²) in [5.41, 5.74) is 0. The van der Waals surface area contributed by atoms with Crippen molar-refractivity contribution in [3.63, 3.8) is 0 Å². The molecule has 1 N–H and O–H groups in total. The number of unbranched alkanes of at least 4 members (excludes halogenated alkanes) is 3. The lowest BCUT2D eigenvalue weighted by Crippen LogP contribution is -2.22. The first kappa shape index (κ1) is 29.9. The van der Waals surface area contributed by atoms with Gasteiger partial charge in [0.25, 0.3) is 0 Å². The van der Waals surface area contributed by atoms with Gasteiger partial charge in [0, 0.05) is 39.6 Å². The lowest BCUT2D eigenvalue weighted by Gasteiger charge is -2.12. The largest absolute Gasteiger partial charge is 0.502 e. The Morgan fingerprint density at radius 1 is 0.742 bits per heavy atom. The third kappa shape index (κ3) is 23.4. The fourth-order valence-corrected chi connectivity index (χ4v) is 2.47. The third-order valence-electron chi connectivity index (χ3n) is 4.17. The van der Waals surface area contributed by atoms with E-state index in [1.54, 1.807) is 0 Å². The van der Waals surface area contributed by atoms with E-state index in [1.807, 2.05) is 6.92 Å². The number of hydrogen-bond acceptors (Lipinski definition) is 9. The fraction of sp³-hybridized carbons (Fsp3) is 0.909. The van der Waals surface area contributed by atoms with Crippen LogP contribution in [0.4, 0.5) is 0 Å². The summed E-state index contributed by atoms with van der Waals surface area (Å²) in [6.07, 6.45) is 6.04. The summed E-state index contributed by atoms with van der Waals surface area (Å²) in [6, 6.07) is -0.479. The van der Waals surface area contributed by atoms with Gasteiger partial charge in [-0.3, -0.25) is 0 Å². The molecule has 2 atom stereocenters. The van der Waals surface area contributed by atoms with E-state index in [4.69, 9.17) is 28.4 Å². The molecular weight excluding hydrogens is 406 g/mol. The zero-order valence-corrected chi connectivity index (χ0v) is 19.2. The van der Waals surface area contributed by atoms with Gasteiger partial charge in [-0.2, -0.15) is 4.91 Å². The van der Waals surface area contributed by atoms with Crippen molar-refractivity contribution in [3.05, 3.63) is 17.7 Å². The minimum Gasteiger partial charge on any atom is -0.502 e. The summed E-state index contributed by atoms with van der Waals surface area (Å²) < 4.78 is 32.1. The minimum atomic E-state index is -0.626. The molecule has 0 aliphatic rings. The van der Waals surface area contributed by atoms with Gasteiger partial charge in [0.1, 0.15) is 12.1 Å². The van der Waals surface area contributed by atoms with Crippen LogP contribution in [-0.4, -0.2) is 89.9 Å². The first-order valence-electron chi connectivity index (χ1n) is 11.4. The van der Waals surface area contributed by atoms with E-state index in [0.717, 1.165) is 51.7 Å². The molecule has 0 saturated heterocycles. The van der Waals surface area contributed by atoms with Crippen LogP contribution in [0, 0.1) is 4.91 Å². The Bertz CT molecular complexity index is 387. The van der Waals surface area contributed by atoms with Crippen LogP contribution in [-0.2, 0) is 28.4 Å². The standard InChI is InChI=1S/C22H43NO8/c1-3-26-11-5-7-13-28-17-21(23-25)18-29-14-9-10-16-31-20-22(24)19-30-15-8-6-12-27-4-2/h4,21-22,24H,2-3,5-20H2,1H3. The van der Waals surface area contributed by atoms with E-state index in [1.165, 1.54) is 6.26 Å². The molecule has 9 heteroatoms. The zero-order chi connectivity index (χ0) is 22.8. The monoisotopic (exact) mass is 449 g/mol. The van der Waals surface area contributed by atoms with Crippen molar-refractivity contribution in [1.29, 1.82) is 0 Å². The molecule has 0 aliphatic carbocycles. The SMILES string of the molecule is C=COCCCCOCC(O)COCCCCOCC(COCCCCOCC)N=O. The van der Waals surface area contributed by atoms with Gasteiger partial charge < -0.3 is 33.5 Å². The Kier molecular flexibility index (Phi) is 24.3. The second kappa shape index (κ2) is 25.2. The van der Waals surface area contributed by atoms with Crippen molar-refractivity contribution in [2.24, 2.45) is 5.18 Å². The van der Waals surface area contributed by atoms with Gasteiger partial charge in [-0.05, 0) is 45.4 Å². The highest BCUT2D eigenvalue weighted by atomic mass is 16.5. The van der Waals surface area contributed by atoms with Gasteiger partial charge in [-0.25, -0.2) is 0 Å². The first-order valence-corrected chi connectivity index (χ1v) is 11.4. The predicted octanol–water partition coefficient (Wildman–Crippen LogP) is 3.09. The van der Waals surface area contributed by atoms with Gasteiger partial charge in [-0.1, -0.05) is 11.8 Å². The maximum Gasteiger partial charge on any atom is 0.138 e. The Morgan fingerprint density at radius 2 is 1.16 bits per heavy atom. The zero-order valence-electron chi connectivity index (χ0n) is 19.2. The van der Waals surface area contributed by atoms with Crippen molar-refractivity contribution in [1.82, 2.24) is 0 Å². The summed E-state index contributed by atoms with van der Waals surface area (Å²) in [6.45, 7) is 10.9. The number of rotatable bonds is 26. The molecule has 0 spiro atoms. The van der Waals surface area contributed by atoms with Crippen LogP contribution < -0.4 is 0 Å². The number of aliphatic hydroxyl groups is 1. The summed E-state index contributed by atoms with van der Waals surface area (Å²) in [5, 5.41) is 12.8. The van der Waals surface area contributed by atoms with Gasteiger partial charge >= 0.3 is 0 Å². The highest BCUT2D eigenvalue weighted by molar-refractivity contribution is 4.63. The van der Waals surface area contributed by atoms with Crippen molar-refractivity contribution in [3.8, 4) is 0 Å². The molecule has 9 nitrogen and oxygen atoms in total. The second-order valence-electron chi connectivity index (χ2n) is 7.07. The van der Waals surface area contributed by atoms with Crippen LogP contribution in [0.3, 0.4) is 0 Å². The van der Waals surface area contributed by atoms with Gasteiger partial charge in [0.05, 0.1) is 39.3 Å². The molecule has 2 unspecified atom stereocenters. The maximum atomic E-state index is 10.8. The molecule has 0 aromatic carbocycles. The number of aliphatic hydroxyl groups excluding tert-OH is 1. The lowest BCUT2D eigenvalue weighted by atomic mass is 10.3. The molecule has 0 aromatic rings. The number of nitroso groups, excluding NO2 is 1. The predicted molar refractivity (Wildman–Crippen MR) is 119 cm³/mol. The van der Waals surface area contributed by atoms with E-state index in [2.05, 4.69) is 11.8 Å². The topological polar surface area (TPSA) is 105 Å². The van der Waals surface area contributed by atoms with Crippen LogP contribution in [0.15, 0.2) is 18.0 Å². The molecule has 0 heterocycles. The molecule has 0 aromatic heterocycles. The molecule has 0 rings (SSSR count). The van der Waals surface area contributed by atoms with E-state index in [-0.39, 0.29) is 26.4 Å². The third-order valence-corrected chi connectivity index (χ3v) is 4.17. The van der Waals surface area contributed by atoms with Crippen LogP contribution in [0.5, 0.6) is 0 Å². The highest BCUT2D eigenvalue weighted by Gasteiger charge is 2.09. The summed E-state index contributed by atoms with van der Waals surface area (Å²) in [7, 11) is 0. The fourth-order valence-electron chi connectivity index (χ4n) is 2.47. The van der Waals surface area contributed by atoms with E-state index >= 15 is 0 Å². The molecule has 0 radical (unpaired) electrons. The molecule has 0 fully saturated rings. The van der Waals surface area contributed by atoms with Crippen LogP contribution in [0.1, 0.15) is 45.4 Å². The summed E-state index contributed by atoms with van der Waals surface area (Å²) in [4.78, 5) is 10.8. The number of nitrogens with zero attached hydrogens (tertiary/aromatic N) is 1. The number of ether oxygens (including phenoxy) is 6. The minimum absolute atomic E-state index is 0.249.